The third-order valence-electron chi connectivity index (χ3n) is 3.49. The zero-order valence-corrected chi connectivity index (χ0v) is 9.95. The molecule has 1 saturated heterocycles. The third kappa shape index (κ3) is 4.00. The minimum Gasteiger partial charge on any atom is -0.480 e. The maximum atomic E-state index is 11.7. The molecule has 5 nitrogen and oxygen atoms in total. The summed E-state index contributed by atoms with van der Waals surface area (Å²) < 4.78 is 0. The van der Waals surface area contributed by atoms with Crippen molar-refractivity contribution in [1.29, 1.82) is 0 Å². The van der Waals surface area contributed by atoms with Crippen molar-refractivity contribution in [3.63, 3.8) is 0 Å². The molecule has 1 amide bonds. The van der Waals surface area contributed by atoms with Gasteiger partial charge in [0.1, 0.15) is 6.04 Å². The second-order valence-electron chi connectivity index (χ2n) is 5.13. The number of nitrogens with one attached hydrogen (secondary N) is 2. The molecule has 1 unspecified atom stereocenters. The summed E-state index contributed by atoms with van der Waals surface area (Å²) in [7, 11) is 0. The van der Waals surface area contributed by atoms with E-state index in [1.54, 1.807) is 0 Å². The van der Waals surface area contributed by atoms with Crippen LogP contribution in [0.4, 0.5) is 0 Å². The fourth-order valence-corrected chi connectivity index (χ4v) is 2.32. The van der Waals surface area contributed by atoms with Crippen molar-refractivity contribution in [3.8, 4) is 0 Å². The summed E-state index contributed by atoms with van der Waals surface area (Å²) >= 11 is 0. The topological polar surface area (TPSA) is 78.4 Å². The normalized spacial score (nSPS) is 25.5. The minimum atomic E-state index is -0.912. The highest BCUT2D eigenvalue weighted by atomic mass is 16.4. The van der Waals surface area contributed by atoms with E-state index in [9.17, 15) is 9.59 Å². The first-order valence-corrected chi connectivity index (χ1v) is 6.40. The molecule has 3 N–H and O–H groups in total. The van der Waals surface area contributed by atoms with Crippen LogP contribution >= 0.6 is 0 Å². The molecular formula is C12H20N2O3. The molecule has 0 radical (unpaired) electrons. The van der Waals surface area contributed by atoms with Crippen molar-refractivity contribution in [1.82, 2.24) is 10.6 Å². The van der Waals surface area contributed by atoms with Gasteiger partial charge in [0.2, 0.25) is 5.91 Å². The van der Waals surface area contributed by atoms with Crippen molar-refractivity contribution in [2.24, 2.45) is 5.92 Å². The quantitative estimate of drug-likeness (QED) is 0.631. The molecule has 0 aromatic rings. The van der Waals surface area contributed by atoms with Gasteiger partial charge in [-0.1, -0.05) is 12.8 Å². The predicted octanol–water partition coefficient (Wildman–Crippen LogP) is 0.498. The Kier molecular flexibility index (Phi) is 3.99. The fourth-order valence-electron chi connectivity index (χ4n) is 2.32. The van der Waals surface area contributed by atoms with Gasteiger partial charge in [0.25, 0.3) is 0 Å². The van der Waals surface area contributed by atoms with Crippen LogP contribution < -0.4 is 10.6 Å². The Bertz CT molecular complexity index is 296. The second kappa shape index (κ2) is 5.49. The van der Waals surface area contributed by atoms with Crippen molar-refractivity contribution in [3.05, 3.63) is 0 Å². The van der Waals surface area contributed by atoms with Crippen LogP contribution in [-0.4, -0.2) is 35.6 Å². The van der Waals surface area contributed by atoms with E-state index in [0.717, 1.165) is 32.2 Å². The lowest BCUT2D eigenvalue weighted by Crippen LogP contribution is -2.43. The summed E-state index contributed by atoms with van der Waals surface area (Å²) in [6, 6.07) is -0.471. The number of hydrogen-bond donors (Lipinski definition) is 3. The lowest BCUT2D eigenvalue weighted by atomic mass is 10.1. The zero-order valence-electron chi connectivity index (χ0n) is 9.95. The number of rotatable bonds is 6. The van der Waals surface area contributed by atoms with Crippen LogP contribution in [0.2, 0.25) is 0 Å². The maximum absolute atomic E-state index is 11.7. The van der Waals surface area contributed by atoms with Gasteiger partial charge in [-0.3, -0.25) is 4.79 Å². The molecule has 0 bridgehead atoms. The number of hydrogen-bond acceptors (Lipinski definition) is 3. The average molecular weight is 240 g/mol. The molecule has 2 rings (SSSR count). The Morgan fingerprint density at radius 3 is 2.65 bits per heavy atom. The molecule has 1 aliphatic heterocycles. The van der Waals surface area contributed by atoms with E-state index < -0.39 is 12.0 Å². The largest absolute Gasteiger partial charge is 0.480 e. The maximum Gasteiger partial charge on any atom is 0.326 e. The molecule has 96 valence electrons. The van der Waals surface area contributed by atoms with Gasteiger partial charge in [0.05, 0.1) is 0 Å². The molecule has 2 atom stereocenters. The molecule has 0 aromatic heterocycles. The third-order valence-corrected chi connectivity index (χ3v) is 3.49. The highest BCUT2D eigenvalue weighted by Gasteiger charge is 2.30. The molecule has 1 saturated carbocycles. The Morgan fingerprint density at radius 2 is 2.12 bits per heavy atom. The summed E-state index contributed by atoms with van der Waals surface area (Å²) in [5, 5.41) is 14.9. The van der Waals surface area contributed by atoms with Crippen molar-refractivity contribution >= 4 is 11.9 Å². The van der Waals surface area contributed by atoms with E-state index in [2.05, 4.69) is 10.6 Å². The SMILES string of the molecule is O=C(CC1CCCN1)N[C@@H](CC1CC1)C(=O)O. The molecule has 0 spiro atoms. The molecule has 0 aromatic carbocycles. The van der Waals surface area contributed by atoms with Crippen LogP contribution in [-0.2, 0) is 9.59 Å². The van der Waals surface area contributed by atoms with Gasteiger partial charge in [-0.2, -0.15) is 0 Å². The van der Waals surface area contributed by atoms with Crippen LogP contribution in [0.1, 0.15) is 38.5 Å². The molecule has 5 heteroatoms. The number of carbonyl (C=O) groups is 2. The number of aliphatic carboxylic acids is 1. The monoisotopic (exact) mass is 240 g/mol. The summed E-state index contributed by atoms with van der Waals surface area (Å²) in [4.78, 5) is 22.7. The predicted molar refractivity (Wildman–Crippen MR) is 62.5 cm³/mol. The lowest BCUT2D eigenvalue weighted by molar-refractivity contribution is -0.142. The van der Waals surface area contributed by atoms with Crippen LogP contribution in [0.15, 0.2) is 0 Å². The van der Waals surface area contributed by atoms with Gasteiger partial charge >= 0.3 is 5.97 Å². The first kappa shape index (κ1) is 12.4. The Morgan fingerprint density at radius 1 is 1.35 bits per heavy atom. The van der Waals surface area contributed by atoms with Crippen LogP contribution in [0.25, 0.3) is 0 Å². The van der Waals surface area contributed by atoms with E-state index >= 15 is 0 Å². The first-order chi connectivity index (χ1) is 8.15. The highest BCUT2D eigenvalue weighted by molar-refractivity contribution is 5.83. The standard InChI is InChI=1S/C12H20N2O3/c15-11(7-9-2-1-5-13-9)14-10(12(16)17)6-8-3-4-8/h8-10,13H,1-7H2,(H,14,15)(H,16,17)/t9?,10-/m0/s1. The number of carbonyl (C=O) groups excluding carboxylic acids is 1. The second-order valence-corrected chi connectivity index (χ2v) is 5.13. The number of carboxylic acid groups (broad SMARTS) is 1. The summed E-state index contributed by atoms with van der Waals surface area (Å²) in [6.45, 7) is 0.961. The van der Waals surface area contributed by atoms with E-state index in [0.29, 0.717) is 18.8 Å². The molecule has 1 heterocycles. The summed E-state index contributed by atoms with van der Waals surface area (Å²) in [6.07, 6.45) is 5.29. The minimum absolute atomic E-state index is 0.141. The molecule has 1 aliphatic carbocycles. The summed E-state index contributed by atoms with van der Waals surface area (Å²) in [5.41, 5.74) is 0. The van der Waals surface area contributed by atoms with Crippen molar-refractivity contribution < 1.29 is 14.7 Å². The van der Waals surface area contributed by atoms with E-state index in [-0.39, 0.29) is 11.9 Å². The van der Waals surface area contributed by atoms with Gasteiger partial charge in [0.15, 0.2) is 0 Å². The van der Waals surface area contributed by atoms with Gasteiger partial charge < -0.3 is 15.7 Å². The molecule has 17 heavy (non-hydrogen) atoms. The fraction of sp³-hybridized carbons (Fsp3) is 0.833. The average Bonchev–Trinajstić information content (AvgIpc) is 2.93. The smallest absolute Gasteiger partial charge is 0.326 e. The zero-order chi connectivity index (χ0) is 12.3. The Hall–Kier alpha value is -1.10. The number of amides is 1. The van der Waals surface area contributed by atoms with E-state index in [1.165, 1.54) is 0 Å². The van der Waals surface area contributed by atoms with Gasteiger partial charge in [-0.15, -0.1) is 0 Å². The van der Waals surface area contributed by atoms with E-state index in [1.807, 2.05) is 0 Å². The van der Waals surface area contributed by atoms with Crippen LogP contribution in [0.3, 0.4) is 0 Å². The Balaban J connectivity index is 1.75. The van der Waals surface area contributed by atoms with Gasteiger partial charge in [-0.25, -0.2) is 4.79 Å². The van der Waals surface area contributed by atoms with Crippen molar-refractivity contribution in [2.75, 3.05) is 6.54 Å². The lowest BCUT2D eigenvalue weighted by Gasteiger charge is -2.16. The number of carboxylic acids is 1. The molecular weight excluding hydrogens is 220 g/mol. The molecule has 2 fully saturated rings. The molecule has 2 aliphatic rings. The van der Waals surface area contributed by atoms with Crippen molar-refractivity contribution in [2.45, 2.75) is 50.6 Å². The van der Waals surface area contributed by atoms with Gasteiger partial charge in [0, 0.05) is 12.5 Å². The van der Waals surface area contributed by atoms with E-state index in [4.69, 9.17) is 5.11 Å². The first-order valence-electron chi connectivity index (χ1n) is 6.40. The van der Waals surface area contributed by atoms with Crippen LogP contribution in [0, 0.1) is 5.92 Å². The highest BCUT2D eigenvalue weighted by Crippen LogP contribution is 2.33. The Labute approximate surface area is 101 Å². The van der Waals surface area contributed by atoms with Crippen LogP contribution in [0.5, 0.6) is 0 Å². The van der Waals surface area contributed by atoms with Gasteiger partial charge in [-0.05, 0) is 31.7 Å². The summed E-state index contributed by atoms with van der Waals surface area (Å²) in [5.74, 6) is -0.553.